The Bertz CT molecular complexity index is 883. The minimum Gasteiger partial charge on any atom is -0.494 e. The van der Waals surface area contributed by atoms with E-state index in [0.29, 0.717) is 11.1 Å². The first-order chi connectivity index (χ1) is 12.3. The van der Waals surface area contributed by atoms with E-state index in [2.05, 4.69) is 10.0 Å². The lowest BCUT2D eigenvalue weighted by Crippen LogP contribution is -2.27. The summed E-state index contributed by atoms with van der Waals surface area (Å²) in [6.07, 6.45) is 0. The zero-order valence-corrected chi connectivity index (χ0v) is 15.6. The van der Waals surface area contributed by atoms with E-state index in [4.69, 9.17) is 4.74 Å². The Morgan fingerprint density at radius 2 is 1.85 bits per heavy atom. The lowest BCUT2D eigenvalue weighted by molar-refractivity contribution is 0.0939. The number of sulfonamides is 1. The highest BCUT2D eigenvalue weighted by atomic mass is 32.2. The van der Waals surface area contributed by atoms with Crippen LogP contribution in [0, 0.1) is 5.82 Å². The fourth-order valence-corrected chi connectivity index (χ4v) is 3.42. The van der Waals surface area contributed by atoms with Crippen molar-refractivity contribution in [3.63, 3.8) is 0 Å². The van der Waals surface area contributed by atoms with Crippen molar-refractivity contribution < 1.29 is 22.3 Å². The smallest absolute Gasteiger partial charge is 0.251 e. The molecule has 1 amide bonds. The van der Waals surface area contributed by atoms with Crippen molar-refractivity contribution in [3.8, 4) is 5.75 Å². The maximum absolute atomic E-state index is 13.8. The first-order valence-electron chi connectivity index (χ1n) is 8.02. The van der Waals surface area contributed by atoms with Crippen LogP contribution in [0.1, 0.15) is 35.8 Å². The number of rotatable bonds is 7. The number of halogens is 1. The van der Waals surface area contributed by atoms with Crippen LogP contribution >= 0.6 is 0 Å². The number of hydrogen-bond donors (Lipinski definition) is 2. The summed E-state index contributed by atoms with van der Waals surface area (Å²) in [4.78, 5) is 12.4. The van der Waals surface area contributed by atoms with Crippen LogP contribution in [0.15, 0.2) is 47.4 Å². The molecule has 0 saturated carbocycles. The molecule has 0 aliphatic heterocycles. The lowest BCUT2D eigenvalue weighted by Gasteiger charge is -2.15. The van der Waals surface area contributed by atoms with Crippen molar-refractivity contribution in [2.45, 2.75) is 24.8 Å². The van der Waals surface area contributed by atoms with E-state index in [0.717, 1.165) is 0 Å². The number of nitrogens with one attached hydrogen (secondary N) is 2. The molecule has 8 heteroatoms. The summed E-state index contributed by atoms with van der Waals surface area (Å²) in [5.41, 5.74) is 0.893. The van der Waals surface area contributed by atoms with E-state index < -0.39 is 21.9 Å². The van der Waals surface area contributed by atoms with E-state index in [1.165, 1.54) is 43.5 Å². The first kappa shape index (κ1) is 19.9. The molecule has 0 saturated heterocycles. The summed E-state index contributed by atoms with van der Waals surface area (Å²) in [5.74, 6) is -0.769. The Hall–Kier alpha value is -2.45. The van der Waals surface area contributed by atoms with Crippen molar-refractivity contribution in [2.75, 3.05) is 13.7 Å². The number of amides is 1. The van der Waals surface area contributed by atoms with Crippen LogP contribution < -0.4 is 14.8 Å². The Morgan fingerprint density at radius 3 is 2.38 bits per heavy atom. The van der Waals surface area contributed by atoms with E-state index >= 15 is 0 Å². The molecule has 26 heavy (non-hydrogen) atoms. The van der Waals surface area contributed by atoms with Gasteiger partial charge in [-0.2, -0.15) is 0 Å². The summed E-state index contributed by atoms with van der Waals surface area (Å²) < 4.78 is 44.8. The van der Waals surface area contributed by atoms with Crippen molar-refractivity contribution in [3.05, 3.63) is 59.4 Å². The average molecular weight is 380 g/mol. The zero-order chi connectivity index (χ0) is 19.3. The van der Waals surface area contributed by atoms with Gasteiger partial charge in [0, 0.05) is 12.1 Å². The van der Waals surface area contributed by atoms with Gasteiger partial charge in [0.05, 0.1) is 18.0 Å². The predicted molar refractivity (Wildman–Crippen MR) is 96.1 cm³/mol. The maximum Gasteiger partial charge on any atom is 0.251 e. The van der Waals surface area contributed by atoms with Gasteiger partial charge in [0.2, 0.25) is 10.0 Å². The van der Waals surface area contributed by atoms with Gasteiger partial charge in [-0.3, -0.25) is 4.79 Å². The lowest BCUT2D eigenvalue weighted by atomic mass is 10.1. The number of ether oxygens (including phenoxy) is 1. The molecule has 140 valence electrons. The van der Waals surface area contributed by atoms with Gasteiger partial charge in [-0.15, -0.1) is 0 Å². The Morgan fingerprint density at radius 1 is 1.19 bits per heavy atom. The number of methoxy groups -OCH3 is 1. The van der Waals surface area contributed by atoms with Crippen molar-refractivity contribution >= 4 is 15.9 Å². The highest BCUT2D eigenvalue weighted by Gasteiger charge is 2.16. The molecule has 6 nitrogen and oxygen atoms in total. The normalized spacial score (nSPS) is 12.5. The van der Waals surface area contributed by atoms with Crippen LogP contribution in [-0.4, -0.2) is 28.0 Å². The van der Waals surface area contributed by atoms with Gasteiger partial charge in [-0.1, -0.05) is 13.0 Å². The molecule has 0 spiro atoms. The molecule has 1 atom stereocenters. The van der Waals surface area contributed by atoms with Crippen molar-refractivity contribution in [1.82, 2.24) is 10.0 Å². The monoisotopic (exact) mass is 380 g/mol. The molecule has 0 aromatic heterocycles. The van der Waals surface area contributed by atoms with Crippen LogP contribution in [-0.2, 0) is 10.0 Å². The predicted octanol–water partition coefficient (Wildman–Crippen LogP) is 2.62. The summed E-state index contributed by atoms with van der Waals surface area (Å²) in [6, 6.07) is 9.62. The third kappa shape index (κ3) is 4.59. The second kappa shape index (κ2) is 8.29. The average Bonchev–Trinajstić information content (AvgIpc) is 2.61. The van der Waals surface area contributed by atoms with Gasteiger partial charge in [0.25, 0.3) is 5.91 Å². The van der Waals surface area contributed by atoms with Gasteiger partial charge in [-0.05, 0) is 48.9 Å². The SMILES string of the molecule is CCNS(=O)(=O)c1ccc(C(=O)N[C@@H](C)c2ccc(OC)c(F)c2)cc1. The van der Waals surface area contributed by atoms with Gasteiger partial charge in [0.1, 0.15) is 0 Å². The van der Waals surface area contributed by atoms with E-state index in [-0.39, 0.29) is 23.1 Å². The molecule has 0 radical (unpaired) electrons. The zero-order valence-electron chi connectivity index (χ0n) is 14.7. The second-order valence-corrected chi connectivity index (χ2v) is 7.38. The van der Waals surface area contributed by atoms with E-state index in [1.807, 2.05) is 0 Å². The van der Waals surface area contributed by atoms with Crippen molar-refractivity contribution in [2.24, 2.45) is 0 Å². The minimum atomic E-state index is -3.57. The molecular formula is C18H21FN2O4S. The maximum atomic E-state index is 13.8. The molecule has 0 aliphatic carbocycles. The molecule has 2 N–H and O–H groups in total. The van der Waals surface area contributed by atoms with Gasteiger partial charge in [0.15, 0.2) is 11.6 Å². The molecular weight excluding hydrogens is 359 g/mol. The van der Waals surface area contributed by atoms with Gasteiger partial charge in [-0.25, -0.2) is 17.5 Å². The Labute approximate surface area is 152 Å². The van der Waals surface area contributed by atoms with Gasteiger partial charge < -0.3 is 10.1 Å². The largest absolute Gasteiger partial charge is 0.494 e. The van der Waals surface area contributed by atoms with Crippen molar-refractivity contribution in [1.29, 1.82) is 0 Å². The molecule has 2 rings (SSSR count). The number of carbonyl (C=O) groups excluding carboxylic acids is 1. The third-order valence-electron chi connectivity index (χ3n) is 3.78. The molecule has 0 heterocycles. The topological polar surface area (TPSA) is 84.5 Å². The highest BCUT2D eigenvalue weighted by molar-refractivity contribution is 7.89. The quantitative estimate of drug-likeness (QED) is 0.773. The number of hydrogen-bond acceptors (Lipinski definition) is 4. The second-order valence-electron chi connectivity index (χ2n) is 5.61. The standard InChI is InChI=1S/C18H21FN2O4S/c1-4-20-26(23,24)15-8-5-13(6-9-15)18(22)21-12(2)14-7-10-17(25-3)16(19)11-14/h5-12,20H,4H2,1-3H3,(H,21,22)/t12-/m0/s1. The summed E-state index contributed by atoms with van der Waals surface area (Å²) >= 11 is 0. The highest BCUT2D eigenvalue weighted by Crippen LogP contribution is 2.22. The Balaban J connectivity index is 2.11. The van der Waals surface area contributed by atoms with Crippen LogP contribution in [0.4, 0.5) is 4.39 Å². The van der Waals surface area contributed by atoms with E-state index in [1.54, 1.807) is 19.9 Å². The summed E-state index contributed by atoms with van der Waals surface area (Å²) in [5, 5.41) is 2.75. The van der Waals surface area contributed by atoms with Crippen LogP contribution in [0.5, 0.6) is 5.75 Å². The summed E-state index contributed by atoms with van der Waals surface area (Å²) in [7, 11) is -2.19. The molecule has 0 aliphatic rings. The van der Waals surface area contributed by atoms with Crippen LogP contribution in [0.3, 0.4) is 0 Å². The third-order valence-corrected chi connectivity index (χ3v) is 5.35. The van der Waals surface area contributed by atoms with Crippen LogP contribution in [0.2, 0.25) is 0 Å². The summed E-state index contributed by atoms with van der Waals surface area (Å²) in [6.45, 7) is 3.69. The molecule has 0 fully saturated rings. The van der Waals surface area contributed by atoms with E-state index in [9.17, 15) is 17.6 Å². The van der Waals surface area contributed by atoms with Crippen LogP contribution in [0.25, 0.3) is 0 Å². The molecule has 2 aromatic rings. The molecule has 0 bridgehead atoms. The molecule has 0 unspecified atom stereocenters. The number of benzene rings is 2. The minimum absolute atomic E-state index is 0.0844. The fraction of sp³-hybridized carbons (Fsp3) is 0.278. The number of carbonyl (C=O) groups is 1. The molecule has 2 aromatic carbocycles. The first-order valence-corrected chi connectivity index (χ1v) is 9.50. The van der Waals surface area contributed by atoms with Gasteiger partial charge >= 0.3 is 0 Å². The fourth-order valence-electron chi connectivity index (χ4n) is 2.37. The Kier molecular flexibility index (Phi) is 6.33.